The van der Waals surface area contributed by atoms with Gasteiger partial charge in [-0.1, -0.05) is 38.1 Å². The van der Waals surface area contributed by atoms with Crippen molar-refractivity contribution >= 4 is 11.7 Å². The van der Waals surface area contributed by atoms with Crippen LogP contribution >= 0.6 is 0 Å². The minimum atomic E-state index is -0.00751. The van der Waals surface area contributed by atoms with Crippen LogP contribution in [0.1, 0.15) is 25.3 Å². The lowest BCUT2D eigenvalue weighted by molar-refractivity contribution is 0.137. The molecule has 1 aromatic rings. The Labute approximate surface area is 164 Å². The molecule has 0 spiro atoms. The van der Waals surface area contributed by atoms with Crippen LogP contribution in [0, 0.1) is 0 Å². The van der Waals surface area contributed by atoms with Crippen LogP contribution in [0.15, 0.2) is 49.6 Å². The Bertz CT molecular complexity index is 593. The molecule has 1 N–H and O–H groups in total. The van der Waals surface area contributed by atoms with Gasteiger partial charge in [0.25, 0.3) is 0 Å². The molecule has 5 nitrogen and oxygen atoms in total. The van der Waals surface area contributed by atoms with Crippen molar-refractivity contribution in [1.82, 2.24) is 14.7 Å². The number of nitrogens with one attached hydrogen (secondary N) is 1. The van der Waals surface area contributed by atoms with Gasteiger partial charge in [-0.05, 0) is 23.6 Å². The molecule has 1 heterocycles. The second-order valence-corrected chi connectivity index (χ2v) is 7.37. The Hall–Kier alpha value is -2.11. The molecule has 0 saturated carbocycles. The van der Waals surface area contributed by atoms with Crippen molar-refractivity contribution in [3.8, 4) is 0 Å². The summed E-state index contributed by atoms with van der Waals surface area (Å²) in [6, 6.07) is 8.12. The first-order valence-electron chi connectivity index (χ1n) is 9.86. The van der Waals surface area contributed by atoms with Gasteiger partial charge in [-0.3, -0.25) is 9.80 Å². The van der Waals surface area contributed by atoms with E-state index in [2.05, 4.69) is 54.3 Å². The Morgan fingerprint density at radius 1 is 1.11 bits per heavy atom. The van der Waals surface area contributed by atoms with E-state index < -0.39 is 0 Å². The molecular weight excluding hydrogens is 336 g/mol. The quantitative estimate of drug-likeness (QED) is 0.675. The molecule has 0 bridgehead atoms. The van der Waals surface area contributed by atoms with E-state index >= 15 is 0 Å². The highest BCUT2D eigenvalue weighted by Crippen LogP contribution is 2.17. The van der Waals surface area contributed by atoms with Gasteiger partial charge in [0.15, 0.2) is 0 Å². The fraction of sp³-hybridized carbons (Fsp3) is 0.500. The molecule has 0 aromatic heterocycles. The highest BCUT2D eigenvalue weighted by molar-refractivity contribution is 5.89. The summed E-state index contributed by atoms with van der Waals surface area (Å²) in [4.78, 5) is 19.1. The van der Waals surface area contributed by atoms with Gasteiger partial charge >= 0.3 is 6.03 Å². The summed E-state index contributed by atoms with van der Waals surface area (Å²) >= 11 is 0. The highest BCUT2D eigenvalue weighted by Gasteiger charge is 2.21. The molecule has 5 heteroatoms. The first-order valence-corrected chi connectivity index (χ1v) is 9.86. The molecule has 0 aliphatic carbocycles. The van der Waals surface area contributed by atoms with Crippen molar-refractivity contribution < 1.29 is 4.79 Å². The Balaban J connectivity index is 1.75. The fourth-order valence-electron chi connectivity index (χ4n) is 3.23. The van der Waals surface area contributed by atoms with Crippen LogP contribution in [0.4, 0.5) is 10.5 Å². The van der Waals surface area contributed by atoms with Crippen molar-refractivity contribution in [2.45, 2.75) is 19.8 Å². The van der Waals surface area contributed by atoms with E-state index in [-0.39, 0.29) is 6.03 Å². The Morgan fingerprint density at radius 3 is 2.22 bits per heavy atom. The molecular formula is C22H34N4O. The van der Waals surface area contributed by atoms with Crippen LogP contribution in [0.2, 0.25) is 0 Å². The second-order valence-electron chi connectivity index (χ2n) is 7.37. The number of hydrogen-bond donors (Lipinski definition) is 1. The van der Waals surface area contributed by atoms with Crippen molar-refractivity contribution in [3.63, 3.8) is 0 Å². The van der Waals surface area contributed by atoms with Gasteiger partial charge in [0.1, 0.15) is 0 Å². The number of amides is 2. The molecule has 1 saturated heterocycles. The first-order chi connectivity index (χ1) is 13.0. The molecule has 0 radical (unpaired) electrons. The number of hydrogen-bond acceptors (Lipinski definition) is 3. The van der Waals surface area contributed by atoms with E-state index in [9.17, 15) is 4.79 Å². The number of anilines is 1. The zero-order valence-corrected chi connectivity index (χ0v) is 16.9. The SMILES string of the molecule is C=CCN(CC=C)CCN1CCN(C(=O)Nc2ccc(C(C)C)cc2)CC1. The lowest BCUT2D eigenvalue weighted by Gasteiger charge is -2.35. The van der Waals surface area contributed by atoms with Gasteiger partial charge in [0.05, 0.1) is 0 Å². The van der Waals surface area contributed by atoms with Crippen LogP contribution in [0.3, 0.4) is 0 Å². The van der Waals surface area contributed by atoms with Crippen molar-refractivity contribution in [2.24, 2.45) is 0 Å². The summed E-state index contributed by atoms with van der Waals surface area (Å²) < 4.78 is 0. The van der Waals surface area contributed by atoms with Gasteiger partial charge < -0.3 is 10.2 Å². The van der Waals surface area contributed by atoms with Crippen LogP contribution < -0.4 is 5.32 Å². The first kappa shape index (κ1) is 21.2. The third-order valence-electron chi connectivity index (χ3n) is 5.00. The van der Waals surface area contributed by atoms with E-state index in [0.717, 1.165) is 58.0 Å². The Morgan fingerprint density at radius 2 is 1.70 bits per heavy atom. The maximum atomic E-state index is 12.5. The number of carbonyl (C=O) groups excluding carboxylic acids is 1. The fourth-order valence-corrected chi connectivity index (χ4v) is 3.23. The van der Waals surface area contributed by atoms with Crippen LogP contribution in [0.5, 0.6) is 0 Å². The number of rotatable bonds is 9. The number of carbonyl (C=O) groups is 1. The lowest BCUT2D eigenvalue weighted by Crippen LogP contribution is -2.51. The molecule has 1 fully saturated rings. The molecule has 1 aliphatic rings. The molecule has 0 atom stereocenters. The van der Waals surface area contributed by atoms with Gasteiger partial charge in [0.2, 0.25) is 0 Å². The molecule has 2 amide bonds. The lowest BCUT2D eigenvalue weighted by atomic mass is 10.0. The second kappa shape index (κ2) is 10.9. The number of benzene rings is 1. The summed E-state index contributed by atoms with van der Waals surface area (Å²) in [6.45, 7) is 19.1. The van der Waals surface area contributed by atoms with Crippen molar-refractivity contribution in [1.29, 1.82) is 0 Å². The van der Waals surface area contributed by atoms with E-state index in [0.29, 0.717) is 5.92 Å². The summed E-state index contributed by atoms with van der Waals surface area (Å²) in [5, 5.41) is 3.01. The average molecular weight is 371 g/mol. The topological polar surface area (TPSA) is 38.8 Å². The number of urea groups is 1. The highest BCUT2D eigenvalue weighted by atomic mass is 16.2. The maximum Gasteiger partial charge on any atom is 0.321 e. The summed E-state index contributed by atoms with van der Waals surface area (Å²) in [5.74, 6) is 0.497. The zero-order chi connectivity index (χ0) is 19.6. The summed E-state index contributed by atoms with van der Waals surface area (Å²) in [5.41, 5.74) is 2.14. The number of nitrogens with zero attached hydrogens (tertiary/aromatic N) is 3. The molecule has 0 unspecified atom stereocenters. The Kier molecular flexibility index (Phi) is 8.55. The predicted octanol–water partition coefficient (Wildman–Crippen LogP) is 3.63. The van der Waals surface area contributed by atoms with E-state index in [1.54, 1.807) is 0 Å². The van der Waals surface area contributed by atoms with Crippen LogP contribution in [0.25, 0.3) is 0 Å². The smallest absolute Gasteiger partial charge is 0.321 e. The van der Waals surface area contributed by atoms with Crippen LogP contribution in [-0.2, 0) is 0 Å². The molecule has 27 heavy (non-hydrogen) atoms. The van der Waals surface area contributed by atoms with Gasteiger partial charge in [0, 0.05) is 58.0 Å². The predicted molar refractivity (Wildman–Crippen MR) is 114 cm³/mol. The van der Waals surface area contributed by atoms with Gasteiger partial charge in [-0.2, -0.15) is 0 Å². The minimum absolute atomic E-state index is 0.00751. The van der Waals surface area contributed by atoms with Gasteiger partial charge in [-0.25, -0.2) is 4.79 Å². The normalized spacial score (nSPS) is 15.2. The van der Waals surface area contributed by atoms with E-state index in [1.165, 1.54) is 5.56 Å². The van der Waals surface area contributed by atoms with E-state index in [4.69, 9.17) is 0 Å². The molecule has 1 aromatic carbocycles. The molecule has 148 valence electrons. The maximum absolute atomic E-state index is 12.5. The summed E-state index contributed by atoms with van der Waals surface area (Å²) in [7, 11) is 0. The third-order valence-corrected chi connectivity index (χ3v) is 5.00. The van der Waals surface area contributed by atoms with Crippen molar-refractivity contribution in [3.05, 3.63) is 55.1 Å². The minimum Gasteiger partial charge on any atom is -0.322 e. The standard InChI is InChI=1S/C22H34N4O/c1-5-11-24(12-6-2)13-14-25-15-17-26(18-16-25)22(27)23-21-9-7-20(8-10-21)19(3)4/h5-10,19H,1-2,11-18H2,3-4H3,(H,23,27). The zero-order valence-electron chi connectivity index (χ0n) is 16.9. The average Bonchev–Trinajstić information content (AvgIpc) is 2.67. The third kappa shape index (κ3) is 6.85. The van der Waals surface area contributed by atoms with Crippen LogP contribution in [-0.4, -0.2) is 73.1 Å². The van der Waals surface area contributed by atoms with Gasteiger partial charge in [-0.15, -0.1) is 13.2 Å². The molecule has 2 rings (SSSR count). The number of piperazine rings is 1. The molecule has 1 aliphatic heterocycles. The monoisotopic (exact) mass is 370 g/mol. The van der Waals surface area contributed by atoms with Crippen molar-refractivity contribution in [2.75, 3.05) is 57.7 Å². The largest absolute Gasteiger partial charge is 0.322 e. The summed E-state index contributed by atoms with van der Waals surface area (Å²) in [6.07, 6.45) is 3.86. The van der Waals surface area contributed by atoms with E-state index in [1.807, 2.05) is 29.2 Å².